The van der Waals surface area contributed by atoms with Crippen molar-refractivity contribution in [1.82, 2.24) is 4.98 Å². The Labute approximate surface area is 123 Å². The Balaban J connectivity index is 1.75. The van der Waals surface area contributed by atoms with Crippen molar-refractivity contribution < 1.29 is 4.42 Å². The fourth-order valence-corrected chi connectivity index (χ4v) is 2.92. The topological polar surface area (TPSA) is 38.1 Å². The molecule has 0 aliphatic carbocycles. The Kier molecular flexibility index (Phi) is 3.66. The summed E-state index contributed by atoms with van der Waals surface area (Å²) < 4.78 is 6.33. The van der Waals surface area contributed by atoms with Crippen molar-refractivity contribution in [3.63, 3.8) is 0 Å². The molecule has 96 valence electrons. The van der Waals surface area contributed by atoms with Crippen LogP contribution in [0.25, 0.3) is 11.3 Å². The number of halogens is 1. The number of hydrogen-bond donors (Lipinski definition) is 1. The largest absolute Gasteiger partial charge is 0.467 e. The van der Waals surface area contributed by atoms with Crippen LogP contribution in [0.4, 0.5) is 5.13 Å². The zero-order chi connectivity index (χ0) is 13.1. The number of aromatic nitrogens is 1. The van der Waals surface area contributed by atoms with E-state index in [1.54, 1.807) is 17.6 Å². The smallest absolute Gasteiger partial charge is 0.183 e. The molecule has 0 amide bonds. The summed E-state index contributed by atoms with van der Waals surface area (Å²) in [6, 6.07) is 11.9. The van der Waals surface area contributed by atoms with Gasteiger partial charge in [0.15, 0.2) is 5.13 Å². The van der Waals surface area contributed by atoms with Gasteiger partial charge in [0, 0.05) is 15.4 Å². The maximum atomic E-state index is 5.27. The lowest BCUT2D eigenvalue weighted by Gasteiger charge is -2.00. The summed E-state index contributed by atoms with van der Waals surface area (Å²) >= 11 is 5.13. The van der Waals surface area contributed by atoms with Gasteiger partial charge in [-0.15, -0.1) is 11.3 Å². The van der Waals surface area contributed by atoms with Gasteiger partial charge in [0.05, 0.1) is 18.5 Å². The molecule has 5 heteroatoms. The Morgan fingerprint density at radius 1 is 1.21 bits per heavy atom. The maximum Gasteiger partial charge on any atom is 0.183 e. The van der Waals surface area contributed by atoms with Crippen LogP contribution >= 0.6 is 27.3 Å². The minimum Gasteiger partial charge on any atom is -0.467 e. The van der Waals surface area contributed by atoms with E-state index in [4.69, 9.17) is 4.42 Å². The Morgan fingerprint density at radius 3 is 2.89 bits per heavy atom. The molecule has 0 radical (unpaired) electrons. The molecule has 0 fully saturated rings. The van der Waals surface area contributed by atoms with Crippen LogP contribution in [-0.2, 0) is 6.54 Å². The lowest BCUT2D eigenvalue weighted by atomic mass is 10.2. The van der Waals surface area contributed by atoms with Crippen molar-refractivity contribution in [3.8, 4) is 11.3 Å². The number of rotatable bonds is 4. The van der Waals surface area contributed by atoms with Crippen molar-refractivity contribution >= 4 is 32.4 Å². The maximum absolute atomic E-state index is 5.27. The van der Waals surface area contributed by atoms with Gasteiger partial charge >= 0.3 is 0 Å². The molecule has 1 N–H and O–H groups in total. The molecule has 3 aromatic rings. The number of nitrogens with zero attached hydrogens (tertiary/aromatic N) is 1. The normalized spacial score (nSPS) is 10.6. The molecule has 0 bridgehead atoms. The molecule has 2 aromatic heterocycles. The predicted molar refractivity (Wildman–Crippen MR) is 81.3 cm³/mol. The second-order valence-corrected chi connectivity index (χ2v) is 5.66. The predicted octanol–water partition coefficient (Wildman–Crippen LogP) is 4.78. The van der Waals surface area contributed by atoms with Gasteiger partial charge in [-0.3, -0.25) is 0 Å². The van der Waals surface area contributed by atoms with E-state index in [-0.39, 0.29) is 0 Å². The highest BCUT2D eigenvalue weighted by Gasteiger charge is 2.07. The van der Waals surface area contributed by atoms with E-state index in [1.807, 2.05) is 35.7 Å². The van der Waals surface area contributed by atoms with Crippen LogP contribution in [0.15, 0.2) is 56.9 Å². The molecule has 0 aliphatic rings. The van der Waals surface area contributed by atoms with Gasteiger partial charge in [0.2, 0.25) is 0 Å². The molecule has 0 saturated carbocycles. The van der Waals surface area contributed by atoms with Crippen LogP contribution in [0.5, 0.6) is 0 Å². The van der Waals surface area contributed by atoms with Crippen LogP contribution in [0, 0.1) is 0 Å². The van der Waals surface area contributed by atoms with Gasteiger partial charge in [-0.2, -0.15) is 0 Å². The molecule has 3 nitrogen and oxygen atoms in total. The fraction of sp³-hybridized carbons (Fsp3) is 0.0714. The molecule has 2 heterocycles. The summed E-state index contributed by atoms with van der Waals surface area (Å²) in [6.07, 6.45) is 1.67. The molecule has 0 saturated heterocycles. The first-order valence-electron chi connectivity index (χ1n) is 5.79. The minimum atomic E-state index is 0.649. The number of hydrogen-bond acceptors (Lipinski definition) is 4. The van der Waals surface area contributed by atoms with Crippen molar-refractivity contribution in [3.05, 3.63) is 58.3 Å². The Morgan fingerprint density at radius 2 is 2.11 bits per heavy atom. The zero-order valence-electron chi connectivity index (χ0n) is 9.97. The number of nitrogens with one attached hydrogen (secondary N) is 1. The summed E-state index contributed by atoms with van der Waals surface area (Å²) in [5.41, 5.74) is 2.07. The van der Waals surface area contributed by atoms with E-state index in [9.17, 15) is 0 Å². The van der Waals surface area contributed by atoms with Gasteiger partial charge in [-0.1, -0.05) is 34.1 Å². The van der Waals surface area contributed by atoms with E-state index < -0.39 is 0 Å². The van der Waals surface area contributed by atoms with Crippen LogP contribution in [0.2, 0.25) is 0 Å². The molecule has 0 aliphatic heterocycles. The summed E-state index contributed by atoms with van der Waals surface area (Å²) in [5.74, 6) is 0.901. The monoisotopic (exact) mass is 334 g/mol. The molecule has 0 atom stereocenters. The van der Waals surface area contributed by atoms with Crippen molar-refractivity contribution in [2.75, 3.05) is 5.32 Å². The average Bonchev–Trinajstić information content (AvgIpc) is 3.08. The molecule has 1 aromatic carbocycles. The number of benzene rings is 1. The Bertz CT molecular complexity index is 664. The highest BCUT2D eigenvalue weighted by molar-refractivity contribution is 9.10. The van der Waals surface area contributed by atoms with Gasteiger partial charge in [0.1, 0.15) is 5.76 Å². The Hall–Kier alpha value is -1.59. The van der Waals surface area contributed by atoms with E-state index >= 15 is 0 Å². The minimum absolute atomic E-state index is 0.649. The first-order chi connectivity index (χ1) is 9.33. The fourth-order valence-electron chi connectivity index (χ4n) is 1.72. The first-order valence-corrected chi connectivity index (χ1v) is 7.47. The highest BCUT2D eigenvalue weighted by Crippen LogP contribution is 2.30. The van der Waals surface area contributed by atoms with Crippen LogP contribution in [-0.4, -0.2) is 4.98 Å². The summed E-state index contributed by atoms with van der Waals surface area (Å²) in [5, 5.41) is 6.19. The SMILES string of the molecule is Brc1ccccc1-c1csc(NCc2ccco2)n1. The third kappa shape index (κ3) is 2.88. The van der Waals surface area contributed by atoms with Crippen LogP contribution < -0.4 is 5.32 Å². The first kappa shape index (κ1) is 12.4. The molecule has 0 spiro atoms. The molecule has 19 heavy (non-hydrogen) atoms. The van der Waals surface area contributed by atoms with Crippen LogP contribution in [0.3, 0.4) is 0 Å². The third-order valence-electron chi connectivity index (χ3n) is 2.65. The van der Waals surface area contributed by atoms with Gasteiger partial charge in [0.25, 0.3) is 0 Å². The van der Waals surface area contributed by atoms with Crippen molar-refractivity contribution in [2.24, 2.45) is 0 Å². The second kappa shape index (κ2) is 5.59. The number of anilines is 1. The lowest BCUT2D eigenvalue weighted by molar-refractivity contribution is 0.518. The summed E-state index contributed by atoms with van der Waals surface area (Å²) in [4.78, 5) is 4.58. The van der Waals surface area contributed by atoms with E-state index in [0.717, 1.165) is 26.6 Å². The van der Waals surface area contributed by atoms with Crippen molar-refractivity contribution in [2.45, 2.75) is 6.54 Å². The van der Waals surface area contributed by atoms with Gasteiger partial charge in [-0.05, 0) is 18.2 Å². The quantitative estimate of drug-likeness (QED) is 0.746. The zero-order valence-corrected chi connectivity index (χ0v) is 12.4. The second-order valence-electron chi connectivity index (χ2n) is 3.95. The van der Waals surface area contributed by atoms with Crippen molar-refractivity contribution in [1.29, 1.82) is 0 Å². The lowest BCUT2D eigenvalue weighted by Crippen LogP contribution is -1.97. The van der Waals surface area contributed by atoms with E-state index in [0.29, 0.717) is 6.54 Å². The molecular formula is C14H11BrN2OS. The molecule has 3 rings (SSSR count). The third-order valence-corrected chi connectivity index (χ3v) is 4.14. The number of thiazole rings is 1. The number of furan rings is 1. The molecular weight excluding hydrogens is 324 g/mol. The van der Waals surface area contributed by atoms with Gasteiger partial charge < -0.3 is 9.73 Å². The summed E-state index contributed by atoms with van der Waals surface area (Å²) in [7, 11) is 0. The summed E-state index contributed by atoms with van der Waals surface area (Å²) in [6.45, 7) is 0.649. The molecule has 0 unspecified atom stereocenters. The van der Waals surface area contributed by atoms with Gasteiger partial charge in [-0.25, -0.2) is 4.98 Å². The standard InChI is InChI=1S/C14H11BrN2OS/c15-12-6-2-1-5-11(12)13-9-19-14(17-13)16-8-10-4-3-7-18-10/h1-7,9H,8H2,(H,16,17). The average molecular weight is 335 g/mol. The van der Waals surface area contributed by atoms with E-state index in [1.165, 1.54) is 0 Å². The highest BCUT2D eigenvalue weighted by atomic mass is 79.9. The van der Waals surface area contributed by atoms with E-state index in [2.05, 4.69) is 32.3 Å². The van der Waals surface area contributed by atoms with Crippen LogP contribution in [0.1, 0.15) is 5.76 Å².